The lowest BCUT2D eigenvalue weighted by atomic mass is 10.4. The Morgan fingerprint density at radius 2 is 2.43 bits per heavy atom. The van der Waals surface area contributed by atoms with Crippen LogP contribution >= 0.6 is 0 Å². The smallest absolute Gasteiger partial charge is 0.273 e. The minimum Gasteiger partial charge on any atom is -0.273 e. The second kappa shape index (κ2) is 6.04. The highest BCUT2D eigenvalue weighted by molar-refractivity contribution is 5.90. The number of amides is 1. The number of carbonyl (C=O) groups excluding carboxylic acids is 1. The Balaban J connectivity index is 2.29. The first kappa shape index (κ1) is 10.6. The molecule has 0 atom stereocenters. The van der Waals surface area contributed by atoms with E-state index >= 15 is 0 Å². The number of carbonyl (C=O) groups is 1. The van der Waals surface area contributed by atoms with Crippen LogP contribution in [0.25, 0.3) is 0 Å². The van der Waals surface area contributed by atoms with Crippen LogP contribution in [0.2, 0.25) is 0 Å². The van der Waals surface area contributed by atoms with Crippen molar-refractivity contribution in [2.24, 2.45) is 0 Å². The van der Waals surface area contributed by atoms with E-state index in [9.17, 15) is 4.79 Å². The summed E-state index contributed by atoms with van der Waals surface area (Å²) in [6, 6.07) is 0. The summed E-state index contributed by atoms with van der Waals surface area (Å²) in [4.78, 5) is 23.8. The molecule has 1 heterocycles. The summed E-state index contributed by atoms with van der Waals surface area (Å²) in [5.41, 5.74) is 2.55. The highest BCUT2D eigenvalue weighted by atomic mass is 16.6. The normalized spacial score (nSPS) is 9.79. The molecule has 0 aromatic carbocycles. The molecule has 1 rings (SSSR count). The molecule has 0 fully saturated rings. The van der Waals surface area contributed by atoms with Gasteiger partial charge in [0, 0.05) is 12.4 Å². The van der Waals surface area contributed by atoms with Gasteiger partial charge in [-0.2, -0.15) is 0 Å². The van der Waals surface area contributed by atoms with E-state index in [1.165, 1.54) is 18.6 Å². The fraction of sp³-hybridized carbons (Fsp3) is 0.444. The van der Waals surface area contributed by atoms with Crippen molar-refractivity contribution in [2.45, 2.75) is 19.8 Å². The van der Waals surface area contributed by atoms with Crippen molar-refractivity contribution in [1.29, 1.82) is 0 Å². The standard InChI is InChI=1S/C9H13N3O2/c1-2-3-6-14-12-9(13)8-7-10-4-5-11-8/h4-5,7H,2-3,6H2,1H3,(H,12,13). The molecule has 0 radical (unpaired) electrons. The third kappa shape index (κ3) is 3.49. The first-order valence-corrected chi connectivity index (χ1v) is 4.52. The molecule has 1 N–H and O–H groups in total. The van der Waals surface area contributed by atoms with Crippen LogP contribution in [0.3, 0.4) is 0 Å². The van der Waals surface area contributed by atoms with Gasteiger partial charge in [0.15, 0.2) is 0 Å². The molecule has 0 unspecified atom stereocenters. The highest BCUT2D eigenvalue weighted by Crippen LogP contribution is 1.90. The van der Waals surface area contributed by atoms with E-state index in [1.807, 2.05) is 6.92 Å². The number of nitrogens with zero attached hydrogens (tertiary/aromatic N) is 2. The fourth-order valence-electron chi connectivity index (χ4n) is 0.802. The Hall–Kier alpha value is -1.49. The monoisotopic (exact) mass is 195 g/mol. The number of hydroxylamine groups is 1. The maximum absolute atomic E-state index is 11.3. The fourth-order valence-corrected chi connectivity index (χ4v) is 0.802. The second-order valence-electron chi connectivity index (χ2n) is 2.72. The zero-order valence-electron chi connectivity index (χ0n) is 8.06. The van der Waals surface area contributed by atoms with E-state index in [0.29, 0.717) is 6.61 Å². The quantitative estimate of drug-likeness (QED) is 0.561. The third-order valence-corrected chi connectivity index (χ3v) is 1.56. The largest absolute Gasteiger partial charge is 0.295 e. The SMILES string of the molecule is CCCCONC(=O)c1cnccn1. The maximum Gasteiger partial charge on any atom is 0.295 e. The van der Waals surface area contributed by atoms with Crippen molar-refractivity contribution in [3.63, 3.8) is 0 Å². The van der Waals surface area contributed by atoms with Crippen LogP contribution in [0.15, 0.2) is 18.6 Å². The maximum atomic E-state index is 11.3. The van der Waals surface area contributed by atoms with Gasteiger partial charge in [0.1, 0.15) is 5.69 Å². The number of hydrogen-bond acceptors (Lipinski definition) is 4. The van der Waals surface area contributed by atoms with E-state index in [4.69, 9.17) is 4.84 Å². The van der Waals surface area contributed by atoms with Gasteiger partial charge in [-0.25, -0.2) is 10.5 Å². The minimum absolute atomic E-state index is 0.254. The van der Waals surface area contributed by atoms with Gasteiger partial charge in [0.2, 0.25) is 0 Å². The summed E-state index contributed by atoms with van der Waals surface area (Å²) >= 11 is 0. The van der Waals surface area contributed by atoms with Crippen LogP contribution in [0, 0.1) is 0 Å². The predicted molar refractivity (Wildman–Crippen MR) is 50.4 cm³/mol. The number of aromatic nitrogens is 2. The summed E-state index contributed by atoms with van der Waals surface area (Å²) in [5.74, 6) is -0.366. The lowest BCUT2D eigenvalue weighted by Gasteiger charge is -2.03. The Bertz CT molecular complexity index is 277. The molecular weight excluding hydrogens is 182 g/mol. The molecule has 1 aromatic rings. The molecule has 0 aliphatic carbocycles. The molecule has 5 heteroatoms. The molecule has 0 saturated heterocycles. The van der Waals surface area contributed by atoms with Crippen LogP contribution in [-0.4, -0.2) is 22.5 Å². The highest BCUT2D eigenvalue weighted by Gasteiger charge is 2.05. The number of hydrogen-bond donors (Lipinski definition) is 1. The molecule has 0 aliphatic rings. The molecule has 0 bridgehead atoms. The Morgan fingerprint density at radius 1 is 1.57 bits per heavy atom. The van der Waals surface area contributed by atoms with Crippen LogP contribution in [0.5, 0.6) is 0 Å². The molecule has 0 spiro atoms. The summed E-state index contributed by atoms with van der Waals surface area (Å²) in [6.07, 6.45) is 6.30. The van der Waals surface area contributed by atoms with Gasteiger partial charge >= 0.3 is 0 Å². The first-order valence-electron chi connectivity index (χ1n) is 4.52. The van der Waals surface area contributed by atoms with Crippen molar-refractivity contribution in [3.05, 3.63) is 24.3 Å². The van der Waals surface area contributed by atoms with E-state index < -0.39 is 0 Å². The minimum atomic E-state index is -0.366. The van der Waals surface area contributed by atoms with Crippen molar-refractivity contribution >= 4 is 5.91 Å². The van der Waals surface area contributed by atoms with Crippen molar-refractivity contribution < 1.29 is 9.63 Å². The Labute approximate surface area is 82.5 Å². The predicted octanol–water partition coefficient (Wildman–Crippen LogP) is 0.938. The van der Waals surface area contributed by atoms with Gasteiger partial charge in [-0.15, -0.1) is 0 Å². The van der Waals surface area contributed by atoms with Gasteiger partial charge < -0.3 is 0 Å². The average Bonchev–Trinajstić information content (AvgIpc) is 2.25. The molecule has 5 nitrogen and oxygen atoms in total. The molecule has 1 amide bonds. The zero-order valence-corrected chi connectivity index (χ0v) is 8.06. The molecule has 1 aromatic heterocycles. The van der Waals surface area contributed by atoms with Gasteiger partial charge in [-0.05, 0) is 6.42 Å². The van der Waals surface area contributed by atoms with E-state index in [1.54, 1.807) is 0 Å². The third-order valence-electron chi connectivity index (χ3n) is 1.56. The Kier molecular flexibility index (Phi) is 4.57. The van der Waals surface area contributed by atoms with Crippen LogP contribution < -0.4 is 5.48 Å². The van der Waals surface area contributed by atoms with Crippen LogP contribution in [0.1, 0.15) is 30.3 Å². The molecule has 76 valence electrons. The number of rotatable bonds is 5. The van der Waals surface area contributed by atoms with E-state index in [-0.39, 0.29) is 11.6 Å². The average molecular weight is 195 g/mol. The van der Waals surface area contributed by atoms with Crippen molar-refractivity contribution in [2.75, 3.05) is 6.61 Å². The van der Waals surface area contributed by atoms with Gasteiger partial charge in [-0.3, -0.25) is 14.6 Å². The lowest BCUT2D eigenvalue weighted by Crippen LogP contribution is -2.25. The number of unbranched alkanes of at least 4 members (excludes halogenated alkanes) is 1. The number of nitrogens with one attached hydrogen (secondary N) is 1. The second-order valence-corrected chi connectivity index (χ2v) is 2.72. The van der Waals surface area contributed by atoms with Crippen LogP contribution in [0.4, 0.5) is 0 Å². The first-order chi connectivity index (χ1) is 6.84. The van der Waals surface area contributed by atoms with Gasteiger partial charge in [-0.1, -0.05) is 13.3 Å². The zero-order chi connectivity index (χ0) is 10.2. The van der Waals surface area contributed by atoms with Gasteiger partial charge in [0.05, 0.1) is 12.8 Å². The van der Waals surface area contributed by atoms with Crippen molar-refractivity contribution in [3.8, 4) is 0 Å². The lowest BCUT2D eigenvalue weighted by molar-refractivity contribution is 0.0297. The van der Waals surface area contributed by atoms with E-state index in [0.717, 1.165) is 12.8 Å². The van der Waals surface area contributed by atoms with E-state index in [2.05, 4.69) is 15.4 Å². The summed E-state index contributed by atoms with van der Waals surface area (Å²) in [7, 11) is 0. The topological polar surface area (TPSA) is 64.1 Å². The molecule has 14 heavy (non-hydrogen) atoms. The van der Waals surface area contributed by atoms with Crippen LogP contribution in [-0.2, 0) is 4.84 Å². The Morgan fingerprint density at radius 3 is 3.07 bits per heavy atom. The van der Waals surface area contributed by atoms with Crippen molar-refractivity contribution in [1.82, 2.24) is 15.4 Å². The molecular formula is C9H13N3O2. The molecule has 0 saturated carbocycles. The summed E-state index contributed by atoms with van der Waals surface area (Å²) in [5, 5.41) is 0. The molecule has 0 aliphatic heterocycles. The summed E-state index contributed by atoms with van der Waals surface area (Å²) < 4.78 is 0. The summed E-state index contributed by atoms with van der Waals surface area (Å²) in [6.45, 7) is 2.57. The van der Waals surface area contributed by atoms with Gasteiger partial charge in [0.25, 0.3) is 5.91 Å².